The van der Waals surface area contributed by atoms with E-state index in [1.807, 2.05) is 31.2 Å². The van der Waals surface area contributed by atoms with E-state index in [0.29, 0.717) is 11.4 Å². The first-order valence-corrected chi connectivity index (χ1v) is 8.34. The number of fused-ring (bicyclic) bond motifs is 1. The summed E-state index contributed by atoms with van der Waals surface area (Å²) in [6.07, 6.45) is 0.866. The van der Waals surface area contributed by atoms with Gasteiger partial charge in [-0.05, 0) is 37.1 Å². The molecule has 118 valence electrons. The Kier molecular flexibility index (Phi) is 4.39. The largest absolute Gasteiger partial charge is 0.478 e. The minimum Gasteiger partial charge on any atom is -0.478 e. The van der Waals surface area contributed by atoms with Crippen molar-refractivity contribution in [2.24, 2.45) is 0 Å². The first kappa shape index (κ1) is 15.6. The highest BCUT2D eigenvalue weighted by Gasteiger charge is 2.28. The molecule has 2 aromatic rings. The van der Waals surface area contributed by atoms with Gasteiger partial charge in [0, 0.05) is 17.1 Å². The number of hydrogen-bond acceptors (Lipinski definition) is 3. The average Bonchev–Trinajstić information content (AvgIpc) is 2.98. The topological polar surface area (TPSA) is 57.6 Å². The zero-order valence-electron chi connectivity index (χ0n) is 12.7. The highest BCUT2D eigenvalue weighted by molar-refractivity contribution is 8.00. The molecule has 3 rings (SSSR count). The molecule has 1 aliphatic rings. The summed E-state index contributed by atoms with van der Waals surface area (Å²) in [6, 6.07) is 14.7. The lowest BCUT2D eigenvalue weighted by atomic mass is 10.2. The smallest absolute Gasteiger partial charge is 0.336 e. The van der Waals surface area contributed by atoms with Gasteiger partial charge in [0.2, 0.25) is 5.91 Å². The van der Waals surface area contributed by atoms with Gasteiger partial charge in [0.1, 0.15) is 0 Å². The summed E-state index contributed by atoms with van der Waals surface area (Å²) in [6.45, 7) is 2.51. The van der Waals surface area contributed by atoms with Crippen molar-refractivity contribution in [3.63, 3.8) is 0 Å². The molecular weight excluding hydrogens is 310 g/mol. The number of benzene rings is 2. The highest BCUT2D eigenvalue weighted by atomic mass is 32.2. The van der Waals surface area contributed by atoms with E-state index in [1.54, 1.807) is 29.2 Å². The Morgan fingerprint density at radius 3 is 2.61 bits per heavy atom. The fraction of sp³-hybridized carbons (Fsp3) is 0.222. The third-order valence-electron chi connectivity index (χ3n) is 3.92. The lowest BCUT2D eigenvalue weighted by Gasteiger charge is -2.21. The predicted molar refractivity (Wildman–Crippen MR) is 91.2 cm³/mol. The molecule has 0 radical (unpaired) electrons. The molecular formula is C18H17NO3S. The average molecular weight is 327 g/mol. The van der Waals surface area contributed by atoms with Crippen LogP contribution in [0.5, 0.6) is 0 Å². The Labute approximate surface area is 139 Å². The number of anilines is 1. The van der Waals surface area contributed by atoms with Crippen molar-refractivity contribution in [1.82, 2.24) is 0 Å². The van der Waals surface area contributed by atoms with Crippen molar-refractivity contribution < 1.29 is 14.7 Å². The van der Waals surface area contributed by atoms with Gasteiger partial charge in [0.15, 0.2) is 0 Å². The van der Waals surface area contributed by atoms with Crippen LogP contribution < -0.4 is 4.90 Å². The predicted octanol–water partition coefficient (Wildman–Crippen LogP) is 3.45. The minimum atomic E-state index is -0.973. The van der Waals surface area contributed by atoms with Crippen molar-refractivity contribution in [2.75, 3.05) is 11.4 Å². The molecule has 0 aliphatic carbocycles. The summed E-state index contributed by atoms with van der Waals surface area (Å²) in [5.41, 5.74) is 2.39. The summed E-state index contributed by atoms with van der Waals surface area (Å²) < 4.78 is 0. The molecule has 0 saturated heterocycles. The summed E-state index contributed by atoms with van der Waals surface area (Å²) in [7, 11) is 0. The number of aromatic carboxylic acids is 1. The van der Waals surface area contributed by atoms with Gasteiger partial charge in [-0.15, -0.1) is 11.8 Å². The maximum Gasteiger partial charge on any atom is 0.336 e. The Hall–Kier alpha value is -2.27. The lowest BCUT2D eigenvalue weighted by molar-refractivity contribution is -0.117. The molecule has 23 heavy (non-hydrogen) atoms. The van der Waals surface area contributed by atoms with Crippen LogP contribution in [0, 0.1) is 0 Å². The van der Waals surface area contributed by atoms with E-state index in [0.717, 1.165) is 12.1 Å². The second-order valence-corrected chi connectivity index (χ2v) is 6.81. The minimum absolute atomic E-state index is 0.0140. The Balaban J connectivity index is 1.78. The van der Waals surface area contributed by atoms with Crippen LogP contribution in [-0.4, -0.2) is 28.8 Å². The van der Waals surface area contributed by atoms with E-state index in [2.05, 4.69) is 0 Å². The summed E-state index contributed by atoms with van der Waals surface area (Å²) in [4.78, 5) is 26.5. The standard InChI is InChI=1S/C18H17NO3S/c1-12(23-16-9-5-3-7-14(16)18(21)22)17(20)19-11-10-13-6-2-4-8-15(13)19/h2-9,12H,10-11H2,1H3,(H,21,22). The molecule has 5 heteroatoms. The second kappa shape index (κ2) is 6.46. The molecule has 1 aliphatic heterocycles. The number of hydrogen-bond donors (Lipinski definition) is 1. The van der Waals surface area contributed by atoms with Crippen molar-refractivity contribution in [3.8, 4) is 0 Å². The van der Waals surface area contributed by atoms with Crippen LogP contribution in [0.4, 0.5) is 5.69 Å². The van der Waals surface area contributed by atoms with E-state index >= 15 is 0 Å². The molecule has 2 aromatic carbocycles. The van der Waals surface area contributed by atoms with E-state index < -0.39 is 5.97 Å². The van der Waals surface area contributed by atoms with E-state index in [1.165, 1.54) is 17.3 Å². The van der Waals surface area contributed by atoms with Crippen molar-refractivity contribution in [3.05, 3.63) is 59.7 Å². The summed E-state index contributed by atoms with van der Waals surface area (Å²) in [5, 5.41) is 8.90. The fourth-order valence-corrected chi connectivity index (χ4v) is 3.82. The molecule has 4 nitrogen and oxygen atoms in total. The first-order valence-electron chi connectivity index (χ1n) is 7.46. The third kappa shape index (κ3) is 3.10. The molecule has 0 saturated carbocycles. The van der Waals surface area contributed by atoms with Gasteiger partial charge in [0.25, 0.3) is 0 Å². The lowest BCUT2D eigenvalue weighted by Crippen LogP contribution is -2.35. The number of carboxylic acids is 1. The zero-order chi connectivity index (χ0) is 16.4. The summed E-state index contributed by atoms with van der Waals surface area (Å²) >= 11 is 1.30. The molecule has 1 heterocycles. The molecule has 1 atom stereocenters. The number of para-hydroxylation sites is 1. The van der Waals surface area contributed by atoms with E-state index in [-0.39, 0.29) is 16.7 Å². The van der Waals surface area contributed by atoms with Crippen LogP contribution in [0.2, 0.25) is 0 Å². The van der Waals surface area contributed by atoms with Crippen LogP contribution in [0.3, 0.4) is 0 Å². The number of carbonyl (C=O) groups excluding carboxylic acids is 1. The third-order valence-corrected chi connectivity index (χ3v) is 5.09. The highest BCUT2D eigenvalue weighted by Crippen LogP contribution is 2.32. The van der Waals surface area contributed by atoms with Gasteiger partial charge in [-0.3, -0.25) is 4.79 Å². The molecule has 0 fully saturated rings. The summed E-state index contributed by atoms with van der Waals surface area (Å²) in [5.74, 6) is -0.959. The maximum atomic E-state index is 12.8. The van der Waals surface area contributed by atoms with Gasteiger partial charge in [-0.1, -0.05) is 30.3 Å². The SMILES string of the molecule is CC(Sc1ccccc1C(=O)O)C(=O)N1CCc2ccccc21. The Morgan fingerprint density at radius 1 is 1.13 bits per heavy atom. The fourth-order valence-electron chi connectivity index (χ4n) is 2.77. The molecule has 1 N–H and O–H groups in total. The van der Waals surface area contributed by atoms with Gasteiger partial charge in [-0.25, -0.2) is 4.79 Å². The molecule has 0 bridgehead atoms. The zero-order valence-corrected chi connectivity index (χ0v) is 13.5. The van der Waals surface area contributed by atoms with Crippen LogP contribution in [-0.2, 0) is 11.2 Å². The van der Waals surface area contributed by atoms with Crippen molar-refractivity contribution in [1.29, 1.82) is 0 Å². The van der Waals surface area contributed by atoms with E-state index in [4.69, 9.17) is 0 Å². The number of carboxylic acid groups (broad SMARTS) is 1. The monoisotopic (exact) mass is 327 g/mol. The van der Waals surface area contributed by atoms with Crippen molar-refractivity contribution >= 4 is 29.3 Å². The van der Waals surface area contributed by atoms with Gasteiger partial charge in [0.05, 0.1) is 10.8 Å². The number of amides is 1. The van der Waals surface area contributed by atoms with Crippen LogP contribution in [0.15, 0.2) is 53.4 Å². The van der Waals surface area contributed by atoms with Crippen LogP contribution in [0.25, 0.3) is 0 Å². The van der Waals surface area contributed by atoms with Gasteiger partial charge >= 0.3 is 5.97 Å². The Morgan fingerprint density at radius 2 is 1.83 bits per heavy atom. The van der Waals surface area contributed by atoms with Crippen molar-refractivity contribution in [2.45, 2.75) is 23.5 Å². The molecule has 1 unspecified atom stereocenters. The number of nitrogens with zero attached hydrogens (tertiary/aromatic N) is 1. The quantitative estimate of drug-likeness (QED) is 0.874. The number of thioether (sulfide) groups is 1. The normalized spacial score (nSPS) is 14.4. The van der Waals surface area contributed by atoms with Gasteiger partial charge in [-0.2, -0.15) is 0 Å². The molecule has 0 spiro atoms. The first-order chi connectivity index (χ1) is 11.1. The number of carbonyl (C=O) groups is 2. The molecule has 0 aromatic heterocycles. The number of rotatable bonds is 4. The maximum absolute atomic E-state index is 12.8. The Bertz CT molecular complexity index is 759. The van der Waals surface area contributed by atoms with Crippen LogP contribution >= 0.6 is 11.8 Å². The van der Waals surface area contributed by atoms with E-state index in [9.17, 15) is 14.7 Å². The van der Waals surface area contributed by atoms with Gasteiger partial charge < -0.3 is 10.0 Å². The molecule has 1 amide bonds. The second-order valence-electron chi connectivity index (χ2n) is 5.43. The van der Waals surface area contributed by atoms with Crippen LogP contribution in [0.1, 0.15) is 22.8 Å².